The first kappa shape index (κ1) is 28.5. The lowest BCUT2D eigenvalue weighted by molar-refractivity contribution is 1.24. The van der Waals surface area contributed by atoms with Crippen LogP contribution in [0.15, 0.2) is 146 Å². The number of aromatic nitrogens is 4. The van der Waals surface area contributed by atoms with E-state index in [-0.39, 0.29) is 0 Å². The van der Waals surface area contributed by atoms with Crippen molar-refractivity contribution in [2.24, 2.45) is 0 Å². The van der Waals surface area contributed by atoms with E-state index in [4.69, 9.17) is 9.97 Å². The molecule has 6 heteroatoms. The van der Waals surface area contributed by atoms with Gasteiger partial charge in [-0.05, 0) is 86.3 Å². The van der Waals surface area contributed by atoms with Crippen LogP contribution in [0.25, 0.3) is 77.7 Å². The second kappa shape index (κ2) is 12.1. The molecule has 6 nitrogen and oxygen atoms in total. The van der Waals surface area contributed by atoms with E-state index in [9.17, 15) is 10.5 Å². The van der Waals surface area contributed by atoms with Crippen LogP contribution in [0.3, 0.4) is 0 Å². The fourth-order valence-electron chi connectivity index (χ4n) is 6.28. The predicted molar refractivity (Wildman–Crippen MR) is 189 cm³/mol. The Morgan fingerprint density at radius 2 is 0.875 bits per heavy atom. The Hall–Kier alpha value is -7.02. The van der Waals surface area contributed by atoms with E-state index >= 15 is 0 Å². The highest BCUT2D eigenvalue weighted by atomic mass is 14.8. The number of hydrogen-bond donors (Lipinski definition) is 0. The summed E-state index contributed by atoms with van der Waals surface area (Å²) in [4.78, 5) is 18.5. The highest BCUT2D eigenvalue weighted by Crippen LogP contribution is 2.45. The van der Waals surface area contributed by atoms with Gasteiger partial charge >= 0.3 is 0 Å². The summed E-state index contributed by atoms with van der Waals surface area (Å²) in [5.41, 5.74) is 10.2. The molecule has 4 aromatic carbocycles. The topological polar surface area (TPSA) is 99.1 Å². The first-order valence-corrected chi connectivity index (χ1v) is 15.4. The second-order valence-electron chi connectivity index (χ2n) is 11.4. The van der Waals surface area contributed by atoms with Gasteiger partial charge < -0.3 is 0 Å². The number of pyridine rings is 4. The van der Waals surface area contributed by atoms with Crippen molar-refractivity contribution in [2.75, 3.05) is 0 Å². The monoisotopic (exact) mass is 612 g/mol. The van der Waals surface area contributed by atoms with Crippen LogP contribution < -0.4 is 0 Å². The largest absolute Gasteiger partial charge is 0.255 e. The highest BCUT2D eigenvalue weighted by Gasteiger charge is 2.18. The van der Waals surface area contributed by atoms with Crippen LogP contribution in [-0.2, 0) is 0 Å². The SMILES string of the molecule is N#Cc1ccnc(-c2ccc(-c3c4ccccc4c(-c4ccc(-c5cc(C#N)ccn5)nc4)c4cc(-c5ccccc5)ccc34)cn2)c1. The maximum absolute atomic E-state index is 9.38. The van der Waals surface area contributed by atoms with Crippen molar-refractivity contribution in [3.05, 3.63) is 157 Å². The Morgan fingerprint density at radius 1 is 0.375 bits per heavy atom. The normalized spacial score (nSPS) is 10.9. The van der Waals surface area contributed by atoms with Crippen LogP contribution in [0.5, 0.6) is 0 Å². The minimum atomic E-state index is 0.543. The Morgan fingerprint density at radius 3 is 1.40 bits per heavy atom. The summed E-state index contributed by atoms with van der Waals surface area (Å²) >= 11 is 0. The van der Waals surface area contributed by atoms with Gasteiger partial charge in [-0.3, -0.25) is 19.9 Å². The first-order chi connectivity index (χ1) is 23.7. The highest BCUT2D eigenvalue weighted by molar-refractivity contribution is 6.21. The molecule has 0 N–H and O–H groups in total. The van der Waals surface area contributed by atoms with Crippen molar-refractivity contribution in [1.82, 2.24) is 19.9 Å². The van der Waals surface area contributed by atoms with Crippen LogP contribution in [0.1, 0.15) is 11.1 Å². The molecule has 0 aliphatic rings. The minimum absolute atomic E-state index is 0.543. The van der Waals surface area contributed by atoms with Crippen molar-refractivity contribution in [1.29, 1.82) is 10.5 Å². The molecule has 0 bridgehead atoms. The number of hydrogen-bond acceptors (Lipinski definition) is 6. The van der Waals surface area contributed by atoms with Crippen LogP contribution >= 0.6 is 0 Å². The molecule has 0 aliphatic carbocycles. The van der Waals surface area contributed by atoms with Crippen LogP contribution in [0.2, 0.25) is 0 Å². The van der Waals surface area contributed by atoms with Crippen molar-refractivity contribution in [3.63, 3.8) is 0 Å². The number of fused-ring (bicyclic) bond motifs is 2. The van der Waals surface area contributed by atoms with E-state index in [0.717, 1.165) is 54.9 Å². The molecule has 8 rings (SSSR count). The molecule has 48 heavy (non-hydrogen) atoms. The number of rotatable bonds is 5. The fourth-order valence-corrected chi connectivity index (χ4v) is 6.28. The standard InChI is InChI=1S/C42H24N6/c43-23-27-16-18-45-39(20-27)37-14-11-31(25-47-37)41-33-8-4-5-9-34(33)42(36-22-30(10-13-35(36)41)29-6-2-1-3-7-29)32-12-15-38(48-26-32)40-21-28(24-44)17-19-46-40/h1-22,25-26H. The second-order valence-corrected chi connectivity index (χ2v) is 11.4. The summed E-state index contributed by atoms with van der Waals surface area (Å²) in [6, 6.07) is 44.8. The van der Waals surface area contributed by atoms with Crippen molar-refractivity contribution in [2.45, 2.75) is 0 Å². The lowest BCUT2D eigenvalue weighted by Crippen LogP contribution is -1.94. The third-order valence-electron chi connectivity index (χ3n) is 8.54. The zero-order valence-electron chi connectivity index (χ0n) is 25.5. The molecule has 0 aliphatic heterocycles. The molecule has 0 unspecified atom stereocenters. The Balaban J connectivity index is 1.35. The van der Waals surface area contributed by atoms with E-state index < -0.39 is 0 Å². The van der Waals surface area contributed by atoms with E-state index in [0.29, 0.717) is 33.9 Å². The molecular formula is C42H24N6. The quantitative estimate of drug-likeness (QED) is 0.179. The Labute approximate surface area is 276 Å². The van der Waals surface area contributed by atoms with Gasteiger partial charge in [0, 0.05) is 35.9 Å². The van der Waals surface area contributed by atoms with Gasteiger partial charge in [0.05, 0.1) is 46.0 Å². The fraction of sp³-hybridized carbons (Fsp3) is 0. The van der Waals surface area contributed by atoms with Gasteiger partial charge in [0.1, 0.15) is 0 Å². The van der Waals surface area contributed by atoms with Gasteiger partial charge in [-0.2, -0.15) is 10.5 Å². The maximum atomic E-state index is 9.38. The summed E-state index contributed by atoms with van der Waals surface area (Å²) in [5.74, 6) is 0. The molecule has 0 atom stereocenters. The molecule has 222 valence electrons. The van der Waals surface area contributed by atoms with Crippen molar-refractivity contribution in [3.8, 4) is 68.3 Å². The first-order valence-electron chi connectivity index (χ1n) is 15.4. The van der Waals surface area contributed by atoms with E-state index in [1.54, 1.807) is 36.7 Å². The predicted octanol–water partition coefficient (Wildman–Crippen LogP) is 9.65. The molecule has 4 heterocycles. The molecular weight excluding hydrogens is 589 g/mol. The summed E-state index contributed by atoms with van der Waals surface area (Å²) in [7, 11) is 0. The van der Waals surface area contributed by atoms with Crippen LogP contribution in [0, 0.1) is 22.7 Å². The molecule has 0 fully saturated rings. The number of nitriles is 2. The summed E-state index contributed by atoms with van der Waals surface area (Å²) in [5, 5.41) is 23.1. The third kappa shape index (κ3) is 5.10. The van der Waals surface area contributed by atoms with Gasteiger partial charge in [-0.1, -0.05) is 78.9 Å². The minimum Gasteiger partial charge on any atom is -0.255 e. The summed E-state index contributed by atoms with van der Waals surface area (Å²) < 4.78 is 0. The molecule has 4 aromatic heterocycles. The Kier molecular flexibility index (Phi) is 7.15. The number of nitrogens with zero attached hydrogens (tertiary/aromatic N) is 6. The van der Waals surface area contributed by atoms with Crippen LogP contribution in [0.4, 0.5) is 0 Å². The van der Waals surface area contributed by atoms with Gasteiger partial charge in [0.2, 0.25) is 0 Å². The van der Waals surface area contributed by atoms with Gasteiger partial charge in [0.15, 0.2) is 0 Å². The smallest absolute Gasteiger partial charge is 0.0992 e. The lowest BCUT2D eigenvalue weighted by Gasteiger charge is -2.18. The zero-order valence-corrected chi connectivity index (χ0v) is 25.5. The van der Waals surface area contributed by atoms with E-state index in [2.05, 4.69) is 101 Å². The lowest BCUT2D eigenvalue weighted by atomic mass is 9.85. The Bertz CT molecular complexity index is 2560. The van der Waals surface area contributed by atoms with Gasteiger partial charge in [0.25, 0.3) is 0 Å². The van der Waals surface area contributed by atoms with E-state index in [1.165, 1.54) is 0 Å². The number of benzene rings is 4. The average molecular weight is 613 g/mol. The summed E-state index contributed by atoms with van der Waals surface area (Å²) in [6.07, 6.45) is 7.05. The summed E-state index contributed by atoms with van der Waals surface area (Å²) in [6.45, 7) is 0. The molecule has 0 amide bonds. The molecule has 0 saturated carbocycles. The third-order valence-corrected chi connectivity index (χ3v) is 8.54. The van der Waals surface area contributed by atoms with Crippen molar-refractivity contribution < 1.29 is 0 Å². The van der Waals surface area contributed by atoms with E-state index in [1.807, 2.05) is 30.6 Å². The van der Waals surface area contributed by atoms with Crippen molar-refractivity contribution >= 4 is 21.5 Å². The van der Waals surface area contributed by atoms with Gasteiger partial charge in [-0.15, -0.1) is 0 Å². The molecule has 8 aromatic rings. The molecule has 0 radical (unpaired) electrons. The zero-order chi connectivity index (χ0) is 32.5. The molecule has 0 saturated heterocycles. The average Bonchev–Trinajstić information content (AvgIpc) is 3.17. The van der Waals surface area contributed by atoms with Gasteiger partial charge in [-0.25, -0.2) is 0 Å². The maximum Gasteiger partial charge on any atom is 0.0992 e. The van der Waals surface area contributed by atoms with Crippen LogP contribution in [-0.4, -0.2) is 19.9 Å². The molecule has 0 spiro atoms.